The largest absolute Gasteiger partial charge is 0.387 e. The Hall–Kier alpha value is -2.59. The van der Waals surface area contributed by atoms with Crippen molar-refractivity contribution >= 4 is 33.2 Å². The molecular formula is C36H65N5O9S. The maximum atomic E-state index is 12.3. The van der Waals surface area contributed by atoms with Crippen LogP contribution in [0.5, 0.6) is 0 Å². The van der Waals surface area contributed by atoms with E-state index in [0.717, 1.165) is 31.4 Å². The number of hydrogen-bond acceptors (Lipinski definition) is 13. The lowest BCUT2D eigenvalue weighted by Crippen LogP contribution is -2.32. The van der Waals surface area contributed by atoms with Crippen molar-refractivity contribution in [3.05, 3.63) is 12.3 Å². The van der Waals surface area contributed by atoms with Crippen molar-refractivity contribution in [1.82, 2.24) is 10.0 Å². The summed E-state index contributed by atoms with van der Waals surface area (Å²) in [6.45, 7) is 8.92. The first-order valence-electron chi connectivity index (χ1n) is 18.9. The van der Waals surface area contributed by atoms with E-state index in [1.54, 1.807) is 0 Å². The van der Waals surface area contributed by atoms with Gasteiger partial charge in [-0.1, -0.05) is 70.8 Å². The van der Waals surface area contributed by atoms with Crippen molar-refractivity contribution in [3.63, 3.8) is 0 Å². The summed E-state index contributed by atoms with van der Waals surface area (Å²) >= 11 is 0. The van der Waals surface area contributed by atoms with Gasteiger partial charge in [-0.15, -0.1) is 5.10 Å². The number of ketones is 2. The van der Waals surface area contributed by atoms with Crippen molar-refractivity contribution in [1.29, 1.82) is 0 Å². The monoisotopic (exact) mass is 743 g/mol. The molecule has 0 radical (unpaired) electrons. The number of amides is 1. The minimum Gasteiger partial charge on any atom is -0.387 e. The summed E-state index contributed by atoms with van der Waals surface area (Å²) in [5.41, 5.74) is 1.81. The second-order valence-electron chi connectivity index (χ2n) is 13.0. The van der Waals surface area contributed by atoms with Gasteiger partial charge in [0.05, 0.1) is 44.5 Å². The molecule has 1 aliphatic rings. The molecule has 0 fully saturated rings. The van der Waals surface area contributed by atoms with Crippen molar-refractivity contribution in [3.8, 4) is 0 Å². The van der Waals surface area contributed by atoms with E-state index < -0.39 is 15.9 Å². The Bertz CT molecular complexity index is 1130. The summed E-state index contributed by atoms with van der Waals surface area (Å²) in [6.07, 6.45) is 16.9. The van der Waals surface area contributed by atoms with Crippen LogP contribution in [0.2, 0.25) is 0 Å². The van der Waals surface area contributed by atoms with Crippen molar-refractivity contribution in [2.45, 2.75) is 122 Å². The number of carbonyl (C=O) groups is 3. The molecule has 1 aliphatic heterocycles. The fourth-order valence-electron chi connectivity index (χ4n) is 5.18. The third-order valence-electron chi connectivity index (χ3n) is 7.96. The summed E-state index contributed by atoms with van der Waals surface area (Å²) in [7, 11) is -3.67. The molecule has 294 valence electrons. The normalized spacial score (nSPS) is 12.6. The summed E-state index contributed by atoms with van der Waals surface area (Å²) in [5.74, 6) is -0.613. The molecule has 0 aliphatic carbocycles. The molecule has 0 atom stereocenters. The van der Waals surface area contributed by atoms with E-state index in [9.17, 15) is 22.8 Å². The highest BCUT2D eigenvalue weighted by molar-refractivity contribution is 7.90. The predicted octanol–water partition coefficient (Wildman–Crippen LogP) is 5.60. The van der Waals surface area contributed by atoms with Gasteiger partial charge in [0.25, 0.3) is 0 Å². The van der Waals surface area contributed by atoms with E-state index in [-0.39, 0.29) is 37.0 Å². The number of nitrogens with zero attached hydrogens (tertiary/aromatic N) is 3. The van der Waals surface area contributed by atoms with Gasteiger partial charge in [-0.05, 0) is 50.7 Å². The Balaban J connectivity index is 1.85. The minimum absolute atomic E-state index is 0.00714. The van der Waals surface area contributed by atoms with Crippen LogP contribution in [0.3, 0.4) is 0 Å². The molecule has 0 aromatic heterocycles. The number of carbonyl (C=O) groups excluding carboxylic acids is 3. The maximum absolute atomic E-state index is 12.3. The average Bonchev–Trinajstić information content (AvgIpc) is 3.60. The Morgan fingerprint density at radius 3 is 1.90 bits per heavy atom. The molecule has 14 nitrogen and oxygen atoms in total. The number of allylic oxidation sites excluding steroid dienone is 1. The zero-order chi connectivity index (χ0) is 37.3. The van der Waals surface area contributed by atoms with E-state index >= 15 is 0 Å². The van der Waals surface area contributed by atoms with Gasteiger partial charge in [0.1, 0.15) is 19.8 Å². The van der Waals surface area contributed by atoms with E-state index in [1.807, 2.05) is 0 Å². The second-order valence-corrected chi connectivity index (χ2v) is 14.8. The van der Waals surface area contributed by atoms with Gasteiger partial charge in [0.15, 0.2) is 11.6 Å². The minimum atomic E-state index is -3.67. The molecule has 0 spiro atoms. The Kier molecular flexibility index (Phi) is 29.2. The van der Waals surface area contributed by atoms with E-state index in [4.69, 9.17) is 18.9 Å². The summed E-state index contributed by atoms with van der Waals surface area (Å²) in [4.78, 5) is 34.7. The molecule has 0 aromatic carbocycles. The van der Waals surface area contributed by atoms with E-state index in [2.05, 4.69) is 32.1 Å². The molecule has 0 unspecified atom stereocenters. The Morgan fingerprint density at radius 1 is 0.686 bits per heavy atom. The van der Waals surface area contributed by atoms with Crippen molar-refractivity contribution in [2.75, 3.05) is 71.7 Å². The predicted molar refractivity (Wildman–Crippen MR) is 198 cm³/mol. The fraction of sp³-hybridized carbons (Fsp3) is 0.833. The molecule has 2 N–H and O–H groups in total. The van der Waals surface area contributed by atoms with Crippen LogP contribution in [-0.4, -0.2) is 103 Å². The maximum Gasteiger partial charge on any atom is 0.234 e. The van der Waals surface area contributed by atoms with Crippen LogP contribution in [-0.2, 0) is 43.4 Å². The third kappa shape index (κ3) is 31.8. The van der Waals surface area contributed by atoms with Crippen molar-refractivity contribution in [2.24, 2.45) is 15.4 Å². The smallest absolute Gasteiger partial charge is 0.234 e. The Labute approximate surface area is 306 Å². The van der Waals surface area contributed by atoms with E-state index in [1.165, 1.54) is 58.3 Å². The molecule has 0 aromatic rings. The number of rotatable bonds is 38. The van der Waals surface area contributed by atoms with Crippen molar-refractivity contribution < 1.29 is 41.7 Å². The highest BCUT2D eigenvalue weighted by Crippen LogP contribution is 2.14. The highest BCUT2D eigenvalue weighted by atomic mass is 32.2. The third-order valence-corrected chi connectivity index (χ3v) is 9.33. The summed E-state index contributed by atoms with van der Waals surface area (Å²) in [6, 6.07) is 0. The van der Waals surface area contributed by atoms with Gasteiger partial charge in [-0.3, -0.25) is 19.1 Å². The fourth-order valence-corrected chi connectivity index (χ4v) is 6.25. The quantitative estimate of drug-likeness (QED) is 0.0755. The number of sulfonamides is 1. The van der Waals surface area contributed by atoms with Crippen LogP contribution in [0.15, 0.2) is 27.7 Å². The van der Waals surface area contributed by atoms with Gasteiger partial charge >= 0.3 is 0 Å². The first kappa shape index (κ1) is 46.4. The first-order chi connectivity index (χ1) is 24.7. The standard InChI is InChI=1S/C36H65N5O9S/c1-32(37-21-23-48-25-27-50-31-35(43)19-15-22-47-24-26-49-30-33(2)42)17-16-28-51(45,46)40-36(44)20-14-12-10-8-6-4-3-5-7-9-11-13-18-34-29-38-41-39-34/h37H,1,3-31H2,2H3,(H,40,44). The molecular weight excluding hydrogens is 678 g/mol. The molecule has 51 heavy (non-hydrogen) atoms. The summed E-state index contributed by atoms with van der Waals surface area (Å²) < 4.78 is 48.1. The molecule has 1 amide bonds. The summed E-state index contributed by atoms with van der Waals surface area (Å²) in [5, 5.41) is 14.6. The molecule has 15 heteroatoms. The lowest BCUT2D eigenvalue weighted by Gasteiger charge is -2.11. The molecule has 0 bridgehead atoms. The lowest BCUT2D eigenvalue weighted by atomic mass is 10.0. The topological polar surface area (TPSA) is 183 Å². The zero-order valence-corrected chi connectivity index (χ0v) is 32.0. The van der Waals surface area contributed by atoms with Crippen LogP contribution in [0.1, 0.15) is 122 Å². The van der Waals surface area contributed by atoms with Gasteiger partial charge in [-0.25, -0.2) is 8.42 Å². The lowest BCUT2D eigenvalue weighted by molar-refractivity contribution is -0.125. The molecule has 0 saturated carbocycles. The zero-order valence-electron chi connectivity index (χ0n) is 31.1. The number of hydrogen-bond donors (Lipinski definition) is 2. The molecule has 1 heterocycles. The highest BCUT2D eigenvalue weighted by Gasteiger charge is 2.14. The van der Waals surface area contributed by atoms with Gasteiger partial charge in [0, 0.05) is 31.7 Å². The van der Waals surface area contributed by atoms with Gasteiger partial charge in [-0.2, -0.15) is 5.11 Å². The van der Waals surface area contributed by atoms with Crippen LogP contribution in [0.25, 0.3) is 0 Å². The first-order valence-corrected chi connectivity index (χ1v) is 20.5. The van der Waals surface area contributed by atoms with Crippen LogP contribution in [0.4, 0.5) is 0 Å². The molecule has 0 saturated heterocycles. The molecule has 1 rings (SSSR count). The Morgan fingerprint density at radius 2 is 1.27 bits per heavy atom. The van der Waals surface area contributed by atoms with Crippen LogP contribution < -0.4 is 10.0 Å². The average molecular weight is 744 g/mol. The van der Waals surface area contributed by atoms with Crippen LogP contribution >= 0.6 is 0 Å². The SMILES string of the molecule is C=C(CCCS(=O)(=O)NC(=O)CCCCCCCCCCCCCCC1=NN=NC1)NCCOCCOCC(=O)CCCOCCOCC(C)=O. The van der Waals surface area contributed by atoms with Gasteiger partial charge < -0.3 is 24.3 Å². The van der Waals surface area contributed by atoms with Crippen LogP contribution in [0, 0.1) is 0 Å². The number of unbranched alkanes of at least 4 members (excludes halogenated alkanes) is 11. The number of nitrogens with one attached hydrogen (secondary N) is 2. The van der Waals surface area contributed by atoms with Gasteiger partial charge in [0.2, 0.25) is 15.9 Å². The number of Topliss-reactive ketones (excluding diaryl/α,β-unsaturated/α-hetero) is 2. The number of ether oxygens (including phenoxy) is 4. The van der Waals surface area contributed by atoms with E-state index in [0.29, 0.717) is 90.5 Å². The second kappa shape index (κ2) is 32.1.